The van der Waals surface area contributed by atoms with Crippen LogP contribution >= 0.6 is 12.4 Å². The van der Waals surface area contributed by atoms with E-state index in [1.807, 2.05) is 36.3 Å². The van der Waals surface area contributed by atoms with Crippen molar-refractivity contribution in [1.29, 1.82) is 0 Å². The molecule has 0 radical (unpaired) electrons. The predicted octanol–water partition coefficient (Wildman–Crippen LogP) is 2.52. The number of likely N-dealkylation sites (tertiary alicyclic amines) is 1. The molecule has 1 amide bonds. The molecule has 2 aliphatic rings. The average Bonchev–Trinajstić information content (AvgIpc) is 3.40. The number of hydrogen-bond acceptors (Lipinski definition) is 4. The number of nitrogens with zero attached hydrogens (tertiary/aromatic N) is 3. The van der Waals surface area contributed by atoms with E-state index in [0.717, 1.165) is 43.8 Å². The van der Waals surface area contributed by atoms with Crippen LogP contribution in [0.5, 0.6) is 5.75 Å². The van der Waals surface area contributed by atoms with E-state index >= 15 is 0 Å². The van der Waals surface area contributed by atoms with Crippen molar-refractivity contribution in [2.75, 3.05) is 26.7 Å². The third-order valence-corrected chi connectivity index (χ3v) is 5.70. The highest BCUT2D eigenvalue weighted by molar-refractivity contribution is 5.85. The van der Waals surface area contributed by atoms with E-state index in [-0.39, 0.29) is 36.2 Å². The zero-order valence-corrected chi connectivity index (χ0v) is 16.6. The molecule has 7 heteroatoms. The highest BCUT2D eigenvalue weighted by Gasteiger charge is 2.40. The minimum Gasteiger partial charge on any atom is -0.497 e. The molecule has 1 N–H and O–H groups in total. The molecule has 3 heterocycles. The summed E-state index contributed by atoms with van der Waals surface area (Å²) in [7, 11) is 3.60. The third kappa shape index (κ3) is 3.82. The normalized spacial score (nSPS) is 24.7. The van der Waals surface area contributed by atoms with Crippen molar-refractivity contribution in [1.82, 2.24) is 20.0 Å². The number of halogens is 1. The molecule has 0 bridgehead atoms. The largest absolute Gasteiger partial charge is 0.497 e. The molecule has 2 aromatic rings. The van der Waals surface area contributed by atoms with Crippen molar-refractivity contribution in [2.24, 2.45) is 13.0 Å². The fourth-order valence-electron chi connectivity index (χ4n) is 4.36. The molecular weight excluding hydrogens is 364 g/mol. The van der Waals surface area contributed by atoms with Gasteiger partial charge in [0.15, 0.2) is 0 Å². The Morgan fingerprint density at radius 2 is 2.15 bits per heavy atom. The van der Waals surface area contributed by atoms with Crippen LogP contribution in [0.2, 0.25) is 0 Å². The van der Waals surface area contributed by atoms with Gasteiger partial charge in [-0.25, -0.2) is 0 Å². The first-order chi connectivity index (χ1) is 12.7. The van der Waals surface area contributed by atoms with Gasteiger partial charge in [-0.15, -0.1) is 12.4 Å². The molecule has 6 nitrogen and oxygen atoms in total. The molecule has 1 unspecified atom stereocenters. The first-order valence-electron chi connectivity index (χ1n) is 9.31. The average molecular weight is 391 g/mol. The number of carbonyl (C=O) groups excluding carboxylic acids is 1. The Morgan fingerprint density at radius 1 is 1.30 bits per heavy atom. The van der Waals surface area contributed by atoms with Gasteiger partial charge in [0.2, 0.25) is 5.91 Å². The summed E-state index contributed by atoms with van der Waals surface area (Å²) >= 11 is 0. The van der Waals surface area contributed by atoms with Crippen molar-refractivity contribution in [3.05, 3.63) is 47.8 Å². The van der Waals surface area contributed by atoms with Gasteiger partial charge in [-0.05, 0) is 36.1 Å². The Labute approximate surface area is 166 Å². The summed E-state index contributed by atoms with van der Waals surface area (Å²) in [6.45, 7) is 2.40. The quantitative estimate of drug-likeness (QED) is 0.871. The van der Waals surface area contributed by atoms with E-state index < -0.39 is 0 Å². The number of benzene rings is 1. The lowest BCUT2D eigenvalue weighted by molar-refractivity contribution is -0.136. The number of methoxy groups -OCH3 is 1. The highest BCUT2D eigenvalue weighted by Crippen LogP contribution is 2.37. The zero-order valence-electron chi connectivity index (χ0n) is 15.8. The molecular formula is C20H27ClN4O2. The van der Waals surface area contributed by atoms with Crippen molar-refractivity contribution in [3.63, 3.8) is 0 Å². The molecule has 0 aliphatic carbocycles. The molecule has 1 aromatic heterocycles. The second-order valence-corrected chi connectivity index (χ2v) is 7.28. The minimum atomic E-state index is -0.0228. The molecule has 2 aliphatic heterocycles. The number of carbonyl (C=O) groups is 1. The van der Waals surface area contributed by atoms with Gasteiger partial charge in [0.05, 0.1) is 25.3 Å². The van der Waals surface area contributed by atoms with Gasteiger partial charge in [-0.2, -0.15) is 5.10 Å². The first-order valence-corrected chi connectivity index (χ1v) is 9.31. The summed E-state index contributed by atoms with van der Waals surface area (Å²) in [5.74, 6) is 1.28. The predicted molar refractivity (Wildman–Crippen MR) is 106 cm³/mol. The van der Waals surface area contributed by atoms with Crippen LogP contribution in [0.15, 0.2) is 36.7 Å². The van der Waals surface area contributed by atoms with Gasteiger partial charge in [-0.1, -0.05) is 12.1 Å². The van der Waals surface area contributed by atoms with Crippen LogP contribution in [0.3, 0.4) is 0 Å². The minimum absolute atomic E-state index is 0. The number of rotatable bonds is 4. The topological polar surface area (TPSA) is 59.4 Å². The fourth-order valence-corrected chi connectivity index (χ4v) is 4.36. The van der Waals surface area contributed by atoms with Crippen LogP contribution in [-0.2, 0) is 11.8 Å². The number of aryl methyl sites for hydroxylation is 1. The molecule has 146 valence electrons. The molecule has 27 heavy (non-hydrogen) atoms. The SMILES string of the molecule is COc1cccc(C2CCCN2C(=O)[C@H]2CNC[C@@H]2c2cnn(C)c2)c1.Cl. The van der Waals surface area contributed by atoms with Crippen LogP contribution < -0.4 is 10.1 Å². The number of amides is 1. The van der Waals surface area contributed by atoms with Crippen LogP contribution in [0.1, 0.15) is 35.9 Å². The zero-order chi connectivity index (χ0) is 18.1. The number of hydrogen-bond donors (Lipinski definition) is 1. The Morgan fingerprint density at radius 3 is 2.89 bits per heavy atom. The number of ether oxygens (including phenoxy) is 1. The van der Waals surface area contributed by atoms with Gasteiger partial charge in [-0.3, -0.25) is 9.48 Å². The first kappa shape index (κ1) is 19.7. The second kappa shape index (κ2) is 8.31. The second-order valence-electron chi connectivity index (χ2n) is 7.28. The van der Waals surface area contributed by atoms with Crippen LogP contribution in [0.25, 0.3) is 0 Å². The summed E-state index contributed by atoms with van der Waals surface area (Å²) in [4.78, 5) is 15.5. The van der Waals surface area contributed by atoms with E-state index in [0.29, 0.717) is 0 Å². The lowest BCUT2D eigenvalue weighted by atomic mass is 9.89. The van der Waals surface area contributed by atoms with E-state index in [2.05, 4.69) is 27.4 Å². The molecule has 2 fully saturated rings. The molecule has 0 spiro atoms. The van der Waals surface area contributed by atoms with Crippen molar-refractivity contribution >= 4 is 18.3 Å². The lowest BCUT2D eigenvalue weighted by Crippen LogP contribution is -2.38. The third-order valence-electron chi connectivity index (χ3n) is 5.70. The summed E-state index contributed by atoms with van der Waals surface area (Å²) in [6.07, 6.45) is 5.98. The molecule has 2 saturated heterocycles. The monoisotopic (exact) mass is 390 g/mol. The van der Waals surface area contributed by atoms with Crippen LogP contribution in [-0.4, -0.2) is 47.3 Å². The van der Waals surface area contributed by atoms with Gasteiger partial charge in [0.25, 0.3) is 0 Å². The van der Waals surface area contributed by atoms with Crippen molar-refractivity contribution in [3.8, 4) is 5.75 Å². The number of aromatic nitrogens is 2. The number of nitrogens with one attached hydrogen (secondary N) is 1. The Bertz CT molecular complexity index is 794. The molecule has 4 rings (SSSR count). The molecule has 0 saturated carbocycles. The molecule has 1 aromatic carbocycles. The summed E-state index contributed by atoms with van der Waals surface area (Å²) in [6, 6.07) is 8.26. The van der Waals surface area contributed by atoms with Gasteiger partial charge in [0, 0.05) is 38.8 Å². The Hall–Kier alpha value is -2.05. The lowest BCUT2D eigenvalue weighted by Gasteiger charge is -2.29. The van der Waals surface area contributed by atoms with Crippen LogP contribution in [0.4, 0.5) is 0 Å². The summed E-state index contributed by atoms with van der Waals surface area (Å²) < 4.78 is 7.17. The highest BCUT2D eigenvalue weighted by atomic mass is 35.5. The summed E-state index contributed by atoms with van der Waals surface area (Å²) in [5, 5.41) is 7.69. The van der Waals surface area contributed by atoms with Gasteiger partial charge < -0.3 is 15.0 Å². The standard InChI is InChI=1S/C20H26N4O2.ClH/c1-23-13-15(10-22-23)17-11-21-12-18(17)20(25)24-8-4-7-19(24)14-5-3-6-16(9-14)26-2;/h3,5-6,9-10,13,17-19,21H,4,7-8,11-12H2,1-2H3;1H/t17-,18+,19?;/m1./s1. The molecule has 3 atom stereocenters. The van der Waals surface area contributed by atoms with E-state index in [1.54, 1.807) is 7.11 Å². The smallest absolute Gasteiger partial charge is 0.228 e. The van der Waals surface area contributed by atoms with Crippen LogP contribution in [0, 0.1) is 5.92 Å². The van der Waals surface area contributed by atoms with Gasteiger partial charge in [0.1, 0.15) is 5.75 Å². The fraction of sp³-hybridized carbons (Fsp3) is 0.500. The van der Waals surface area contributed by atoms with E-state index in [4.69, 9.17) is 4.74 Å². The maximum absolute atomic E-state index is 13.4. The van der Waals surface area contributed by atoms with Gasteiger partial charge >= 0.3 is 0 Å². The van der Waals surface area contributed by atoms with Crippen molar-refractivity contribution < 1.29 is 9.53 Å². The maximum Gasteiger partial charge on any atom is 0.228 e. The van der Waals surface area contributed by atoms with Crippen molar-refractivity contribution in [2.45, 2.75) is 24.8 Å². The maximum atomic E-state index is 13.4. The Balaban J connectivity index is 0.00000210. The Kier molecular flexibility index (Phi) is 6.07. The van der Waals surface area contributed by atoms with E-state index in [1.165, 1.54) is 5.56 Å². The summed E-state index contributed by atoms with van der Waals surface area (Å²) in [5.41, 5.74) is 2.31. The van der Waals surface area contributed by atoms with E-state index in [9.17, 15) is 4.79 Å².